The molecular weight excluding hydrogens is 252 g/mol. The van der Waals surface area contributed by atoms with E-state index in [1.165, 1.54) is 6.92 Å². The first kappa shape index (κ1) is 17.6. The Labute approximate surface area is 111 Å². The Morgan fingerprint density at radius 1 is 1.22 bits per heavy atom. The van der Waals surface area contributed by atoms with E-state index in [0.29, 0.717) is 13.2 Å². The highest BCUT2D eigenvalue weighted by atomic mass is 28.4. The predicted octanol–water partition coefficient (Wildman–Crippen LogP) is 1.75. The lowest BCUT2D eigenvalue weighted by Gasteiger charge is -2.31. The molecule has 18 heavy (non-hydrogen) atoms. The summed E-state index contributed by atoms with van der Waals surface area (Å²) in [6.07, 6.45) is 0.724. The second-order valence-electron chi connectivity index (χ2n) is 4.74. The molecule has 0 rings (SSSR count). The fraction of sp³-hybridized carbons (Fsp3) is 0.917. The highest BCUT2D eigenvalue weighted by Gasteiger charge is 2.36. The van der Waals surface area contributed by atoms with Gasteiger partial charge >= 0.3 is 0 Å². The van der Waals surface area contributed by atoms with Crippen molar-refractivity contribution in [3.05, 3.63) is 0 Å². The minimum absolute atomic E-state index is 0.0316. The molecule has 0 aliphatic rings. The van der Waals surface area contributed by atoms with Crippen LogP contribution in [0.15, 0.2) is 0 Å². The van der Waals surface area contributed by atoms with E-state index < -0.39 is 8.32 Å². The Morgan fingerprint density at radius 2 is 1.83 bits per heavy atom. The van der Waals surface area contributed by atoms with E-state index in [4.69, 9.17) is 18.6 Å². The first-order chi connectivity index (χ1) is 8.37. The van der Waals surface area contributed by atoms with Gasteiger partial charge < -0.3 is 18.6 Å². The number of carbonyl (C=O) groups excluding carboxylic acids is 1. The third-order valence-corrected chi connectivity index (χ3v) is 5.66. The summed E-state index contributed by atoms with van der Waals surface area (Å²) in [5, 5.41) is 0. The maximum Gasteiger partial charge on any atom is 0.289 e. The molecule has 108 valence electrons. The summed E-state index contributed by atoms with van der Waals surface area (Å²) < 4.78 is 21.5. The van der Waals surface area contributed by atoms with Gasteiger partial charge in [0.1, 0.15) is 6.10 Å². The zero-order valence-electron chi connectivity index (χ0n) is 12.3. The smallest absolute Gasteiger partial charge is 0.289 e. The van der Waals surface area contributed by atoms with E-state index in [0.717, 1.165) is 6.42 Å². The number of hydrogen-bond donors (Lipinski definition) is 0. The standard InChI is InChI=1S/C12H26O5Si/c1-7-12(18(5,6)17-10(2)13)16-9-11(15-4)8-14-3/h11-12H,7-9H2,1-6H3. The molecule has 0 aliphatic carbocycles. The van der Waals surface area contributed by atoms with Gasteiger partial charge in [-0.3, -0.25) is 4.79 Å². The monoisotopic (exact) mass is 278 g/mol. The van der Waals surface area contributed by atoms with E-state index >= 15 is 0 Å². The average Bonchev–Trinajstić information content (AvgIpc) is 2.26. The molecule has 0 saturated heterocycles. The highest BCUT2D eigenvalue weighted by molar-refractivity contribution is 6.73. The van der Waals surface area contributed by atoms with Gasteiger partial charge in [0.25, 0.3) is 14.3 Å². The van der Waals surface area contributed by atoms with Crippen molar-refractivity contribution in [2.75, 3.05) is 27.4 Å². The summed E-state index contributed by atoms with van der Waals surface area (Å²) in [6.45, 7) is 8.37. The van der Waals surface area contributed by atoms with Crippen LogP contribution in [-0.2, 0) is 23.4 Å². The van der Waals surface area contributed by atoms with Crippen LogP contribution >= 0.6 is 0 Å². The summed E-state index contributed by atoms with van der Waals surface area (Å²) in [4.78, 5) is 11.1. The molecule has 0 amide bonds. The Balaban J connectivity index is 4.36. The second kappa shape index (κ2) is 8.63. The SMILES string of the molecule is CCC(OCC(COC)OC)[Si](C)(C)OC(C)=O. The van der Waals surface area contributed by atoms with Gasteiger partial charge in [-0.05, 0) is 19.5 Å². The van der Waals surface area contributed by atoms with Crippen molar-refractivity contribution in [3.8, 4) is 0 Å². The molecule has 0 radical (unpaired) electrons. The number of ether oxygens (including phenoxy) is 3. The summed E-state index contributed by atoms with van der Waals surface area (Å²) >= 11 is 0. The van der Waals surface area contributed by atoms with Gasteiger partial charge in [-0.25, -0.2) is 0 Å². The number of carbonyl (C=O) groups is 1. The van der Waals surface area contributed by atoms with Crippen molar-refractivity contribution in [2.24, 2.45) is 0 Å². The van der Waals surface area contributed by atoms with Gasteiger partial charge in [-0.15, -0.1) is 0 Å². The molecule has 5 nitrogen and oxygen atoms in total. The molecule has 2 atom stereocenters. The maximum atomic E-state index is 11.1. The Hall–Kier alpha value is -0.433. The van der Waals surface area contributed by atoms with Crippen LogP contribution in [0.4, 0.5) is 0 Å². The molecule has 0 bridgehead atoms. The third-order valence-electron chi connectivity index (χ3n) is 2.72. The van der Waals surface area contributed by atoms with Crippen molar-refractivity contribution in [1.29, 1.82) is 0 Å². The fourth-order valence-corrected chi connectivity index (χ4v) is 4.19. The average molecular weight is 278 g/mol. The second-order valence-corrected chi connectivity index (χ2v) is 8.80. The van der Waals surface area contributed by atoms with Gasteiger partial charge in [0, 0.05) is 21.1 Å². The van der Waals surface area contributed by atoms with Crippen LogP contribution < -0.4 is 0 Å². The molecule has 2 unspecified atom stereocenters. The lowest BCUT2D eigenvalue weighted by molar-refractivity contribution is -0.133. The summed E-state index contributed by atoms with van der Waals surface area (Å²) in [5.41, 5.74) is -0.0316. The van der Waals surface area contributed by atoms with Gasteiger partial charge in [0.05, 0.1) is 18.9 Å². The zero-order chi connectivity index (χ0) is 14.2. The Kier molecular flexibility index (Phi) is 8.42. The summed E-state index contributed by atoms with van der Waals surface area (Å²) in [7, 11) is 1.09. The molecule has 0 spiro atoms. The molecule has 0 aromatic carbocycles. The van der Waals surface area contributed by atoms with E-state index in [-0.39, 0.29) is 17.8 Å². The third kappa shape index (κ3) is 6.49. The van der Waals surface area contributed by atoms with Crippen molar-refractivity contribution < 1.29 is 23.4 Å². The van der Waals surface area contributed by atoms with Gasteiger partial charge in [0.15, 0.2) is 0 Å². The van der Waals surface area contributed by atoms with Crippen molar-refractivity contribution >= 4 is 14.3 Å². The van der Waals surface area contributed by atoms with Crippen molar-refractivity contribution in [3.63, 3.8) is 0 Å². The molecule has 0 saturated carbocycles. The van der Waals surface area contributed by atoms with E-state index in [1.807, 2.05) is 20.0 Å². The van der Waals surface area contributed by atoms with Crippen LogP contribution in [0.25, 0.3) is 0 Å². The van der Waals surface area contributed by atoms with Crippen LogP contribution in [0, 0.1) is 0 Å². The Bertz CT molecular complexity index is 245. The fourth-order valence-electron chi connectivity index (χ4n) is 1.84. The molecule has 0 fully saturated rings. The van der Waals surface area contributed by atoms with Crippen molar-refractivity contribution in [2.45, 2.75) is 45.2 Å². The number of hydrogen-bond acceptors (Lipinski definition) is 5. The van der Waals surface area contributed by atoms with Crippen molar-refractivity contribution in [1.82, 2.24) is 0 Å². The van der Waals surface area contributed by atoms with Crippen LogP contribution in [0.3, 0.4) is 0 Å². The predicted molar refractivity (Wildman–Crippen MR) is 72.0 cm³/mol. The molecule has 6 heteroatoms. The molecule has 0 aromatic heterocycles. The van der Waals surface area contributed by atoms with E-state index in [9.17, 15) is 4.79 Å². The zero-order valence-corrected chi connectivity index (χ0v) is 13.3. The Morgan fingerprint density at radius 3 is 2.22 bits per heavy atom. The van der Waals surface area contributed by atoms with Gasteiger partial charge in [0.2, 0.25) is 0 Å². The molecule has 0 aliphatic heterocycles. The van der Waals surface area contributed by atoms with E-state index in [1.54, 1.807) is 14.2 Å². The molecule has 0 N–H and O–H groups in total. The molecular formula is C12H26O5Si. The highest BCUT2D eigenvalue weighted by Crippen LogP contribution is 2.17. The summed E-state index contributed by atoms with van der Waals surface area (Å²) in [6, 6.07) is 0. The summed E-state index contributed by atoms with van der Waals surface area (Å²) in [5.74, 6) is -0.242. The molecule has 0 heterocycles. The maximum absolute atomic E-state index is 11.1. The minimum Gasteiger partial charge on any atom is -0.517 e. The minimum atomic E-state index is -2.17. The van der Waals surface area contributed by atoms with Crippen LogP contribution in [0.5, 0.6) is 0 Å². The quantitative estimate of drug-likeness (QED) is 0.601. The lowest BCUT2D eigenvalue weighted by atomic mass is 10.4. The molecule has 0 aromatic rings. The van der Waals surface area contributed by atoms with Crippen LogP contribution in [-0.4, -0.2) is 53.6 Å². The first-order valence-corrected chi connectivity index (χ1v) is 9.18. The topological polar surface area (TPSA) is 54.0 Å². The van der Waals surface area contributed by atoms with Crippen LogP contribution in [0.2, 0.25) is 13.1 Å². The number of rotatable bonds is 9. The van der Waals surface area contributed by atoms with Gasteiger partial charge in [-0.1, -0.05) is 6.92 Å². The largest absolute Gasteiger partial charge is 0.517 e. The first-order valence-electron chi connectivity index (χ1n) is 6.20. The lowest BCUT2D eigenvalue weighted by Crippen LogP contribution is -2.48. The van der Waals surface area contributed by atoms with Crippen LogP contribution in [0.1, 0.15) is 20.3 Å². The van der Waals surface area contributed by atoms with E-state index in [2.05, 4.69) is 0 Å². The normalized spacial score (nSPS) is 15.2. The van der Waals surface area contributed by atoms with Gasteiger partial charge in [-0.2, -0.15) is 0 Å². The number of methoxy groups -OCH3 is 2.